The quantitative estimate of drug-likeness (QED) is 0.698. The van der Waals surface area contributed by atoms with E-state index in [9.17, 15) is 19.1 Å². The fourth-order valence-electron chi connectivity index (χ4n) is 4.73. The Morgan fingerprint density at radius 3 is 2.39 bits per heavy atom. The molecule has 3 aromatic rings. The minimum absolute atomic E-state index is 0.0201. The van der Waals surface area contributed by atoms with E-state index in [0.717, 1.165) is 38.5 Å². The summed E-state index contributed by atoms with van der Waals surface area (Å²) in [5, 5.41) is 9.47. The molecule has 0 unspecified atom stereocenters. The predicted molar refractivity (Wildman–Crippen MR) is 113 cm³/mol. The summed E-state index contributed by atoms with van der Waals surface area (Å²) in [5.41, 5.74) is 0.0606. The van der Waals surface area contributed by atoms with E-state index in [-0.39, 0.29) is 11.4 Å². The molecule has 0 aliphatic carbocycles. The Balaban J connectivity index is 1.75. The predicted octanol–water partition coefficient (Wildman–Crippen LogP) is 3.25. The summed E-state index contributed by atoms with van der Waals surface area (Å²) < 4.78 is 30.2. The van der Waals surface area contributed by atoms with Crippen LogP contribution in [0.5, 0.6) is 0 Å². The molecule has 1 aromatic heterocycles. The van der Waals surface area contributed by atoms with Crippen molar-refractivity contribution in [3.05, 3.63) is 70.0 Å². The molecule has 3 aliphatic rings. The van der Waals surface area contributed by atoms with E-state index in [1.54, 1.807) is 6.07 Å². The molecule has 0 spiro atoms. The molecule has 2 bridgehead atoms. The molecular weight excluding hydrogens is 404 g/mol. The summed E-state index contributed by atoms with van der Waals surface area (Å²) in [6.07, 6.45) is 3.11. The zero-order chi connectivity index (χ0) is 21.7. The number of fused-ring (bicyclic) bond motifs is 5. The number of benzene rings is 2. The number of aromatic carboxylic acids is 1. The lowest BCUT2D eigenvalue weighted by Crippen LogP contribution is -2.38. The van der Waals surface area contributed by atoms with E-state index in [1.165, 1.54) is 35.0 Å². The first-order chi connectivity index (χ1) is 14.9. The van der Waals surface area contributed by atoms with Crippen LogP contribution in [0.2, 0.25) is 0 Å². The van der Waals surface area contributed by atoms with Crippen LogP contribution >= 0.6 is 0 Å². The van der Waals surface area contributed by atoms with Crippen LogP contribution in [0.3, 0.4) is 0 Å². The topological polar surface area (TPSA) is 65.8 Å². The number of nitrogens with zero attached hydrogens (tertiary/aromatic N) is 3. The molecule has 6 rings (SSSR count). The molecule has 3 fully saturated rings. The largest absolute Gasteiger partial charge is 0.477 e. The van der Waals surface area contributed by atoms with Crippen molar-refractivity contribution in [2.24, 2.45) is 0 Å². The van der Waals surface area contributed by atoms with Gasteiger partial charge in [0, 0.05) is 49.5 Å². The Morgan fingerprint density at radius 1 is 1.00 bits per heavy atom. The molecule has 2 aromatic carbocycles. The van der Waals surface area contributed by atoms with E-state index >= 15 is 4.39 Å². The zero-order valence-corrected chi connectivity index (χ0v) is 16.7. The molecule has 31 heavy (non-hydrogen) atoms. The summed E-state index contributed by atoms with van der Waals surface area (Å²) in [4.78, 5) is 28.9. The van der Waals surface area contributed by atoms with Crippen LogP contribution in [-0.2, 0) is 0 Å². The van der Waals surface area contributed by atoms with Crippen LogP contribution in [0.1, 0.15) is 23.2 Å². The maximum atomic E-state index is 15.3. The number of hydrogen-bond donors (Lipinski definition) is 1. The molecule has 160 valence electrons. The summed E-state index contributed by atoms with van der Waals surface area (Å²) in [5.74, 6) is -2.38. The maximum Gasteiger partial charge on any atom is 0.341 e. The third kappa shape index (κ3) is 3.37. The van der Waals surface area contributed by atoms with Gasteiger partial charge in [0.2, 0.25) is 5.43 Å². The smallest absolute Gasteiger partial charge is 0.341 e. The summed E-state index contributed by atoms with van der Waals surface area (Å²) >= 11 is 0. The summed E-state index contributed by atoms with van der Waals surface area (Å²) in [7, 11) is 0. The third-order valence-corrected chi connectivity index (χ3v) is 6.37. The van der Waals surface area contributed by atoms with Gasteiger partial charge in [0.05, 0.1) is 11.2 Å². The highest BCUT2D eigenvalue weighted by atomic mass is 19.1. The number of rotatable bonds is 3. The Kier molecular flexibility index (Phi) is 4.74. The average molecular weight is 425 g/mol. The highest BCUT2D eigenvalue weighted by molar-refractivity contribution is 5.94. The Labute approximate surface area is 176 Å². The molecule has 0 saturated carbocycles. The minimum atomic E-state index is -1.40. The first-order valence-electron chi connectivity index (χ1n) is 10.3. The standard InChI is InChI=1S/C23H21F2N3O3/c24-14-1-3-15(4-2-14)28-13-18(23(30)31)22(29)17-11-19(25)21(12-20(17)28)27-10-9-26-7-5-16(27)6-8-26/h1-4,11-13,16H,5-10H2,(H,30,31). The lowest BCUT2D eigenvalue weighted by molar-refractivity contribution is 0.0695. The van der Waals surface area contributed by atoms with Crippen LogP contribution < -0.4 is 10.3 Å². The van der Waals surface area contributed by atoms with E-state index in [0.29, 0.717) is 23.4 Å². The first kappa shape index (κ1) is 19.7. The number of carbonyl (C=O) groups is 1. The molecule has 1 N–H and O–H groups in total. The molecular formula is C23H21F2N3O3. The van der Waals surface area contributed by atoms with Gasteiger partial charge in [-0.25, -0.2) is 13.6 Å². The SMILES string of the molecule is O=C(O)c1cn(-c2ccc(F)cc2)c2cc(N3CCN4CCC3CC4)c(F)cc2c1=O. The number of hydrogen-bond acceptors (Lipinski definition) is 4. The van der Waals surface area contributed by atoms with Crippen molar-refractivity contribution in [1.82, 2.24) is 9.47 Å². The number of halogens is 2. The molecule has 3 saturated heterocycles. The zero-order valence-electron chi connectivity index (χ0n) is 16.7. The van der Waals surface area contributed by atoms with Gasteiger partial charge in [-0.05, 0) is 49.2 Å². The number of pyridine rings is 1. The van der Waals surface area contributed by atoms with Crippen molar-refractivity contribution >= 4 is 22.6 Å². The monoisotopic (exact) mass is 425 g/mol. The van der Waals surface area contributed by atoms with Crippen molar-refractivity contribution in [2.75, 3.05) is 31.1 Å². The van der Waals surface area contributed by atoms with Crippen molar-refractivity contribution in [3.63, 3.8) is 0 Å². The highest BCUT2D eigenvalue weighted by Gasteiger charge is 2.31. The summed E-state index contributed by atoms with van der Waals surface area (Å²) in [6.45, 7) is 3.50. The van der Waals surface area contributed by atoms with Gasteiger partial charge >= 0.3 is 5.97 Å². The lowest BCUT2D eigenvalue weighted by atomic mass is 10.0. The van der Waals surface area contributed by atoms with E-state index in [4.69, 9.17) is 0 Å². The van der Waals surface area contributed by atoms with Gasteiger partial charge in [-0.3, -0.25) is 4.79 Å². The van der Waals surface area contributed by atoms with Crippen LogP contribution in [-0.4, -0.2) is 52.8 Å². The second kappa shape index (κ2) is 7.46. The molecule has 0 amide bonds. The normalized spacial score (nSPS) is 20.8. The van der Waals surface area contributed by atoms with Crippen molar-refractivity contribution in [1.29, 1.82) is 0 Å². The number of anilines is 1. The van der Waals surface area contributed by atoms with Gasteiger partial charge < -0.3 is 19.5 Å². The number of aromatic nitrogens is 1. The van der Waals surface area contributed by atoms with E-state index in [2.05, 4.69) is 9.80 Å². The fraction of sp³-hybridized carbons (Fsp3) is 0.304. The number of carboxylic acids is 1. The van der Waals surface area contributed by atoms with Crippen molar-refractivity contribution < 1.29 is 18.7 Å². The van der Waals surface area contributed by atoms with E-state index < -0.39 is 28.6 Å². The second-order valence-electron chi connectivity index (χ2n) is 8.11. The fourth-order valence-corrected chi connectivity index (χ4v) is 4.73. The Morgan fingerprint density at radius 2 is 1.71 bits per heavy atom. The van der Waals surface area contributed by atoms with Crippen LogP contribution in [0.25, 0.3) is 16.6 Å². The molecule has 0 radical (unpaired) electrons. The van der Waals surface area contributed by atoms with E-state index in [1.807, 2.05) is 0 Å². The Hall–Kier alpha value is -3.26. The van der Waals surface area contributed by atoms with Crippen molar-refractivity contribution in [2.45, 2.75) is 18.9 Å². The first-order valence-corrected chi connectivity index (χ1v) is 10.3. The van der Waals surface area contributed by atoms with Gasteiger partial charge in [-0.15, -0.1) is 0 Å². The molecule has 8 heteroatoms. The Bertz CT molecular complexity index is 1230. The maximum absolute atomic E-state index is 15.3. The van der Waals surface area contributed by atoms with Crippen molar-refractivity contribution in [3.8, 4) is 5.69 Å². The molecule has 3 aliphatic heterocycles. The van der Waals surface area contributed by atoms with Gasteiger partial charge in [0.15, 0.2) is 0 Å². The van der Waals surface area contributed by atoms with Crippen LogP contribution in [0.4, 0.5) is 14.5 Å². The van der Waals surface area contributed by atoms with Gasteiger partial charge in [-0.1, -0.05) is 0 Å². The third-order valence-electron chi connectivity index (χ3n) is 6.37. The highest BCUT2D eigenvalue weighted by Crippen LogP contribution is 2.32. The number of piperidine rings is 1. The lowest BCUT2D eigenvalue weighted by Gasteiger charge is -2.33. The minimum Gasteiger partial charge on any atom is -0.477 e. The number of carboxylic acid groups (broad SMARTS) is 1. The van der Waals surface area contributed by atoms with Gasteiger partial charge in [-0.2, -0.15) is 0 Å². The van der Waals surface area contributed by atoms with Crippen LogP contribution in [0, 0.1) is 11.6 Å². The van der Waals surface area contributed by atoms with Crippen LogP contribution in [0.15, 0.2) is 47.4 Å². The molecule has 4 heterocycles. The average Bonchev–Trinajstić information content (AvgIpc) is 3.08. The molecule has 0 atom stereocenters. The van der Waals surface area contributed by atoms with Gasteiger partial charge in [0.25, 0.3) is 0 Å². The summed E-state index contributed by atoms with van der Waals surface area (Å²) in [6, 6.07) is 8.48. The second-order valence-corrected chi connectivity index (χ2v) is 8.11. The van der Waals surface area contributed by atoms with Gasteiger partial charge in [0.1, 0.15) is 17.2 Å². The molecule has 6 nitrogen and oxygen atoms in total.